The Morgan fingerprint density at radius 2 is 1.75 bits per heavy atom. The number of hydrogen-bond acceptors (Lipinski definition) is 3. The number of aryl methyl sites for hydroxylation is 1. The van der Waals surface area contributed by atoms with E-state index in [0.717, 1.165) is 0 Å². The SMILES string of the molecule is CC(=O)c1cccc(NC(=O)c2cc(=O)n(C)c3ccccc23)c1. The minimum Gasteiger partial charge on any atom is -0.322 e. The molecule has 1 aromatic heterocycles. The molecule has 0 unspecified atom stereocenters. The molecule has 0 bridgehead atoms. The van der Waals surface area contributed by atoms with Crippen LogP contribution >= 0.6 is 0 Å². The van der Waals surface area contributed by atoms with Crippen LogP contribution in [0.25, 0.3) is 10.9 Å². The number of benzene rings is 2. The van der Waals surface area contributed by atoms with E-state index in [2.05, 4.69) is 5.32 Å². The van der Waals surface area contributed by atoms with Crippen LogP contribution in [0.4, 0.5) is 5.69 Å². The number of carbonyl (C=O) groups is 2. The number of fused-ring (bicyclic) bond motifs is 1. The Kier molecular flexibility index (Phi) is 4.00. The van der Waals surface area contributed by atoms with Crippen molar-refractivity contribution in [2.45, 2.75) is 6.92 Å². The van der Waals surface area contributed by atoms with Gasteiger partial charge in [-0.25, -0.2) is 0 Å². The van der Waals surface area contributed by atoms with Crippen molar-refractivity contribution in [1.29, 1.82) is 0 Å². The second-order valence-corrected chi connectivity index (χ2v) is 5.56. The van der Waals surface area contributed by atoms with Crippen molar-refractivity contribution in [3.05, 3.63) is 76.1 Å². The zero-order chi connectivity index (χ0) is 17.3. The molecule has 0 radical (unpaired) electrons. The van der Waals surface area contributed by atoms with Gasteiger partial charge in [-0.15, -0.1) is 0 Å². The van der Waals surface area contributed by atoms with Crippen molar-refractivity contribution in [2.75, 3.05) is 5.32 Å². The Labute approximate surface area is 138 Å². The van der Waals surface area contributed by atoms with Gasteiger partial charge in [-0.3, -0.25) is 14.4 Å². The van der Waals surface area contributed by atoms with Crippen molar-refractivity contribution >= 4 is 28.3 Å². The van der Waals surface area contributed by atoms with Crippen molar-refractivity contribution in [2.24, 2.45) is 7.05 Å². The number of rotatable bonds is 3. The maximum atomic E-state index is 12.6. The van der Waals surface area contributed by atoms with Crippen LogP contribution in [0.2, 0.25) is 0 Å². The molecule has 0 spiro atoms. The predicted molar refractivity (Wildman–Crippen MR) is 93.6 cm³/mol. The van der Waals surface area contributed by atoms with Crippen LogP contribution in [0.3, 0.4) is 0 Å². The first-order chi connectivity index (χ1) is 11.5. The molecule has 0 saturated heterocycles. The highest BCUT2D eigenvalue weighted by Crippen LogP contribution is 2.18. The first-order valence-corrected chi connectivity index (χ1v) is 7.48. The molecule has 0 aliphatic heterocycles. The summed E-state index contributed by atoms with van der Waals surface area (Å²) in [6.45, 7) is 1.47. The van der Waals surface area contributed by atoms with Gasteiger partial charge in [-0.1, -0.05) is 30.3 Å². The zero-order valence-electron chi connectivity index (χ0n) is 13.4. The third-order valence-corrected chi connectivity index (χ3v) is 3.93. The monoisotopic (exact) mass is 320 g/mol. The molecule has 0 saturated carbocycles. The fourth-order valence-corrected chi connectivity index (χ4v) is 2.61. The van der Waals surface area contributed by atoms with E-state index in [0.29, 0.717) is 27.7 Å². The highest BCUT2D eigenvalue weighted by molar-refractivity contribution is 6.12. The van der Waals surface area contributed by atoms with Crippen LogP contribution in [0.1, 0.15) is 27.6 Å². The van der Waals surface area contributed by atoms with E-state index in [1.807, 2.05) is 12.1 Å². The van der Waals surface area contributed by atoms with Gasteiger partial charge in [0.25, 0.3) is 11.5 Å². The molecule has 120 valence electrons. The Bertz CT molecular complexity index is 1020. The van der Waals surface area contributed by atoms with E-state index >= 15 is 0 Å². The largest absolute Gasteiger partial charge is 0.322 e. The number of nitrogens with zero attached hydrogens (tertiary/aromatic N) is 1. The van der Waals surface area contributed by atoms with Gasteiger partial charge in [0.05, 0.1) is 11.1 Å². The Hall–Kier alpha value is -3.21. The minimum atomic E-state index is -0.385. The van der Waals surface area contributed by atoms with Gasteiger partial charge in [0.2, 0.25) is 0 Å². The van der Waals surface area contributed by atoms with Crippen molar-refractivity contribution in [3.8, 4) is 0 Å². The molecular weight excluding hydrogens is 304 g/mol. The van der Waals surface area contributed by atoms with E-state index in [-0.39, 0.29) is 17.2 Å². The fraction of sp³-hybridized carbons (Fsp3) is 0.105. The van der Waals surface area contributed by atoms with Crippen LogP contribution in [0, 0.1) is 0 Å². The molecule has 1 amide bonds. The number of nitrogens with one attached hydrogen (secondary N) is 1. The normalized spacial score (nSPS) is 10.6. The predicted octanol–water partition coefficient (Wildman–Crippen LogP) is 2.99. The average molecular weight is 320 g/mol. The average Bonchev–Trinajstić information content (AvgIpc) is 2.58. The number of ketones is 1. The van der Waals surface area contributed by atoms with E-state index in [1.54, 1.807) is 43.4 Å². The van der Waals surface area contributed by atoms with E-state index < -0.39 is 0 Å². The number of pyridine rings is 1. The number of carbonyl (C=O) groups excluding carboxylic acids is 2. The molecule has 5 nitrogen and oxygen atoms in total. The second-order valence-electron chi connectivity index (χ2n) is 5.56. The van der Waals surface area contributed by atoms with Crippen molar-refractivity contribution in [3.63, 3.8) is 0 Å². The molecule has 0 aliphatic rings. The summed E-state index contributed by atoms with van der Waals surface area (Å²) in [5.74, 6) is -0.463. The molecule has 3 rings (SSSR count). The third kappa shape index (κ3) is 2.84. The van der Waals surface area contributed by atoms with Crippen LogP contribution < -0.4 is 10.9 Å². The minimum absolute atomic E-state index is 0.0786. The zero-order valence-corrected chi connectivity index (χ0v) is 13.4. The quantitative estimate of drug-likeness (QED) is 0.754. The summed E-state index contributed by atoms with van der Waals surface area (Å²) in [6, 6.07) is 15.3. The maximum absolute atomic E-state index is 12.6. The molecule has 1 N–H and O–H groups in total. The van der Waals surface area contributed by atoms with Gasteiger partial charge in [-0.05, 0) is 25.1 Å². The summed E-state index contributed by atoms with van der Waals surface area (Å²) in [7, 11) is 1.67. The molecule has 24 heavy (non-hydrogen) atoms. The Morgan fingerprint density at radius 3 is 2.50 bits per heavy atom. The standard InChI is InChI=1S/C19H16N2O3/c1-12(22)13-6-5-7-14(10-13)20-19(24)16-11-18(23)21(2)17-9-4-3-8-15(16)17/h3-11H,1-2H3,(H,20,24). The second kappa shape index (κ2) is 6.12. The van der Waals surface area contributed by atoms with Crippen LogP contribution in [-0.2, 0) is 7.05 Å². The van der Waals surface area contributed by atoms with Gasteiger partial charge in [0.15, 0.2) is 5.78 Å². The summed E-state index contributed by atoms with van der Waals surface area (Å²) in [4.78, 5) is 36.2. The number of amides is 1. The van der Waals surface area contributed by atoms with Gasteiger partial charge in [0, 0.05) is 29.8 Å². The molecule has 0 atom stereocenters. The van der Waals surface area contributed by atoms with Gasteiger partial charge in [0.1, 0.15) is 0 Å². The van der Waals surface area contributed by atoms with Gasteiger partial charge in [-0.2, -0.15) is 0 Å². The van der Waals surface area contributed by atoms with Crippen LogP contribution in [0.5, 0.6) is 0 Å². The summed E-state index contributed by atoms with van der Waals surface area (Å²) in [6.07, 6.45) is 0. The van der Waals surface area contributed by atoms with E-state index in [9.17, 15) is 14.4 Å². The lowest BCUT2D eigenvalue weighted by Gasteiger charge is -2.11. The van der Waals surface area contributed by atoms with Crippen LogP contribution in [0.15, 0.2) is 59.4 Å². The number of para-hydroxylation sites is 1. The highest BCUT2D eigenvalue weighted by atomic mass is 16.2. The van der Waals surface area contributed by atoms with Crippen LogP contribution in [-0.4, -0.2) is 16.3 Å². The number of hydrogen-bond donors (Lipinski definition) is 1. The lowest BCUT2D eigenvalue weighted by atomic mass is 10.1. The highest BCUT2D eigenvalue weighted by Gasteiger charge is 2.14. The summed E-state index contributed by atoms with van der Waals surface area (Å²) >= 11 is 0. The first-order valence-electron chi connectivity index (χ1n) is 7.48. The lowest BCUT2D eigenvalue weighted by molar-refractivity contribution is 0.101. The smallest absolute Gasteiger partial charge is 0.256 e. The summed E-state index contributed by atoms with van der Waals surface area (Å²) in [5.41, 5.74) is 1.77. The number of anilines is 1. The van der Waals surface area contributed by atoms with E-state index in [1.165, 1.54) is 17.6 Å². The third-order valence-electron chi connectivity index (χ3n) is 3.93. The maximum Gasteiger partial charge on any atom is 0.256 e. The summed E-state index contributed by atoms with van der Waals surface area (Å²) in [5, 5.41) is 3.45. The molecule has 0 aliphatic carbocycles. The fourth-order valence-electron chi connectivity index (χ4n) is 2.61. The summed E-state index contributed by atoms with van der Waals surface area (Å²) < 4.78 is 1.50. The van der Waals surface area contributed by atoms with E-state index in [4.69, 9.17) is 0 Å². The van der Waals surface area contributed by atoms with Gasteiger partial charge >= 0.3 is 0 Å². The molecular formula is C19H16N2O3. The molecule has 2 aromatic carbocycles. The molecule has 3 aromatic rings. The number of aromatic nitrogens is 1. The van der Waals surface area contributed by atoms with Crippen molar-refractivity contribution in [1.82, 2.24) is 4.57 Å². The van der Waals surface area contributed by atoms with Gasteiger partial charge < -0.3 is 9.88 Å². The molecule has 0 fully saturated rings. The Balaban J connectivity index is 2.04. The topological polar surface area (TPSA) is 68.2 Å². The molecule has 5 heteroatoms. The Morgan fingerprint density at radius 1 is 1.00 bits per heavy atom. The first kappa shape index (κ1) is 15.7. The number of Topliss-reactive ketones (excluding diaryl/α,β-unsaturated/α-hetero) is 1. The van der Waals surface area contributed by atoms with Crippen molar-refractivity contribution < 1.29 is 9.59 Å². The lowest BCUT2D eigenvalue weighted by Crippen LogP contribution is -2.21. The molecule has 1 heterocycles.